The van der Waals surface area contributed by atoms with Gasteiger partial charge in [-0.15, -0.1) is 0 Å². The Hall–Kier alpha value is -0.610. The van der Waals surface area contributed by atoms with E-state index >= 15 is 0 Å². The van der Waals surface area contributed by atoms with Crippen LogP contribution in [-0.4, -0.2) is 23.1 Å². The molecular formula is C17H28BrN3. The summed E-state index contributed by atoms with van der Waals surface area (Å²) in [6.07, 6.45) is 7.14. The zero-order valence-electron chi connectivity index (χ0n) is 13.7. The molecule has 1 aliphatic heterocycles. The number of anilines is 1. The average Bonchev–Trinajstić information content (AvgIpc) is 2.61. The van der Waals surface area contributed by atoms with Crippen molar-refractivity contribution in [3.63, 3.8) is 0 Å². The topological polar surface area (TPSA) is 28.2 Å². The van der Waals surface area contributed by atoms with Crippen LogP contribution in [0.25, 0.3) is 0 Å². The molecule has 0 aromatic carbocycles. The van der Waals surface area contributed by atoms with Gasteiger partial charge in [-0.05, 0) is 62.5 Å². The van der Waals surface area contributed by atoms with Crippen LogP contribution in [0.3, 0.4) is 0 Å². The summed E-state index contributed by atoms with van der Waals surface area (Å²) in [5.41, 5.74) is 1.40. The minimum Gasteiger partial charge on any atom is -0.354 e. The van der Waals surface area contributed by atoms with E-state index in [4.69, 9.17) is 4.98 Å². The molecule has 118 valence electrons. The molecule has 0 radical (unpaired) electrons. The molecular weight excluding hydrogens is 326 g/mol. The van der Waals surface area contributed by atoms with Gasteiger partial charge in [-0.2, -0.15) is 0 Å². The number of pyridine rings is 1. The van der Waals surface area contributed by atoms with E-state index in [1.165, 1.54) is 31.2 Å². The number of nitrogens with one attached hydrogen (secondary N) is 1. The Morgan fingerprint density at radius 2 is 2.10 bits per heavy atom. The lowest BCUT2D eigenvalue weighted by Gasteiger charge is -2.31. The lowest BCUT2D eigenvalue weighted by atomic mass is 10.1. The molecule has 0 bridgehead atoms. The van der Waals surface area contributed by atoms with Crippen molar-refractivity contribution in [2.45, 2.75) is 71.5 Å². The third kappa shape index (κ3) is 4.96. The highest BCUT2D eigenvalue weighted by atomic mass is 79.9. The molecule has 1 saturated heterocycles. The molecule has 1 fully saturated rings. The highest BCUT2D eigenvalue weighted by molar-refractivity contribution is 9.10. The third-order valence-electron chi connectivity index (χ3n) is 4.04. The molecule has 1 aromatic rings. The zero-order chi connectivity index (χ0) is 15.5. The quantitative estimate of drug-likeness (QED) is 0.866. The van der Waals surface area contributed by atoms with Crippen LogP contribution in [0.4, 0.5) is 5.82 Å². The predicted molar refractivity (Wildman–Crippen MR) is 93.8 cm³/mol. The lowest BCUT2D eigenvalue weighted by Crippen LogP contribution is -2.37. The van der Waals surface area contributed by atoms with Crippen LogP contribution >= 0.6 is 15.9 Å². The fourth-order valence-electron chi connectivity index (χ4n) is 2.81. The molecule has 3 nitrogen and oxygen atoms in total. The summed E-state index contributed by atoms with van der Waals surface area (Å²) in [5, 5.41) is 3.59. The fraction of sp³-hybridized carbons (Fsp3) is 0.706. The number of hydrogen-bond donors (Lipinski definition) is 1. The molecule has 1 aromatic heterocycles. The highest BCUT2D eigenvalue weighted by Gasteiger charge is 2.21. The van der Waals surface area contributed by atoms with Gasteiger partial charge in [-0.1, -0.05) is 12.8 Å². The van der Waals surface area contributed by atoms with Gasteiger partial charge in [-0.25, -0.2) is 4.98 Å². The smallest absolute Gasteiger partial charge is 0.133 e. The number of nitrogens with zero attached hydrogens (tertiary/aromatic N) is 2. The van der Waals surface area contributed by atoms with Crippen LogP contribution in [0.1, 0.15) is 58.9 Å². The Balaban J connectivity index is 2.24. The van der Waals surface area contributed by atoms with E-state index in [1.807, 2.05) is 6.20 Å². The van der Waals surface area contributed by atoms with Crippen molar-refractivity contribution in [2.24, 2.45) is 0 Å². The SMILES string of the molecule is CC1CCCCCN1c1ncc(Br)cc1CNC(C)(C)C. The average molecular weight is 354 g/mol. The molecule has 2 rings (SSSR count). The third-order valence-corrected chi connectivity index (χ3v) is 4.48. The molecule has 1 N–H and O–H groups in total. The zero-order valence-corrected chi connectivity index (χ0v) is 15.3. The largest absolute Gasteiger partial charge is 0.354 e. The van der Waals surface area contributed by atoms with Gasteiger partial charge in [0.2, 0.25) is 0 Å². The highest BCUT2D eigenvalue weighted by Crippen LogP contribution is 2.27. The maximum atomic E-state index is 4.73. The number of halogens is 1. The molecule has 0 aliphatic carbocycles. The molecule has 1 unspecified atom stereocenters. The van der Waals surface area contributed by atoms with Crippen LogP contribution in [0.2, 0.25) is 0 Å². The fourth-order valence-corrected chi connectivity index (χ4v) is 3.19. The number of hydrogen-bond acceptors (Lipinski definition) is 3. The van der Waals surface area contributed by atoms with Gasteiger partial charge >= 0.3 is 0 Å². The Labute approximate surface area is 137 Å². The van der Waals surface area contributed by atoms with Gasteiger partial charge in [0.1, 0.15) is 5.82 Å². The predicted octanol–water partition coefficient (Wildman–Crippen LogP) is 4.50. The van der Waals surface area contributed by atoms with Gasteiger partial charge in [0, 0.05) is 40.9 Å². The van der Waals surface area contributed by atoms with E-state index in [0.29, 0.717) is 6.04 Å². The van der Waals surface area contributed by atoms with Crippen molar-refractivity contribution in [1.29, 1.82) is 0 Å². The first-order valence-electron chi connectivity index (χ1n) is 8.03. The Kier molecular flexibility index (Phi) is 5.67. The van der Waals surface area contributed by atoms with Gasteiger partial charge in [-0.3, -0.25) is 0 Å². The van der Waals surface area contributed by atoms with Crippen LogP contribution in [0.15, 0.2) is 16.7 Å². The molecule has 21 heavy (non-hydrogen) atoms. The molecule has 2 heterocycles. The van der Waals surface area contributed by atoms with E-state index in [2.05, 4.69) is 59.9 Å². The van der Waals surface area contributed by atoms with Crippen LogP contribution in [0, 0.1) is 0 Å². The first-order valence-corrected chi connectivity index (χ1v) is 8.82. The molecule has 1 aliphatic rings. The van der Waals surface area contributed by atoms with Crippen molar-refractivity contribution in [2.75, 3.05) is 11.4 Å². The van der Waals surface area contributed by atoms with Gasteiger partial charge in [0.25, 0.3) is 0 Å². The second-order valence-electron chi connectivity index (χ2n) is 7.13. The Morgan fingerprint density at radius 1 is 1.33 bits per heavy atom. The molecule has 4 heteroatoms. The summed E-state index contributed by atoms with van der Waals surface area (Å²) >= 11 is 3.56. The normalized spacial score (nSPS) is 20.4. The summed E-state index contributed by atoms with van der Waals surface area (Å²) < 4.78 is 1.06. The number of rotatable bonds is 3. The first kappa shape index (κ1) is 16.8. The molecule has 0 amide bonds. The standard InChI is InChI=1S/C17H28BrN3/c1-13-8-6-5-7-9-21(13)16-14(10-15(18)12-19-16)11-20-17(2,3)4/h10,12-13,20H,5-9,11H2,1-4H3. The summed E-state index contributed by atoms with van der Waals surface area (Å²) in [7, 11) is 0. The van der Waals surface area contributed by atoms with Gasteiger partial charge in [0.05, 0.1) is 0 Å². The van der Waals surface area contributed by atoms with E-state index in [1.54, 1.807) is 0 Å². The van der Waals surface area contributed by atoms with E-state index in [9.17, 15) is 0 Å². The van der Waals surface area contributed by atoms with Crippen molar-refractivity contribution >= 4 is 21.7 Å². The minimum atomic E-state index is 0.115. The van der Waals surface area contributed by atoms with Gasteiger partial charge in [0.15, 0.2) is 0 Å². The summed E-state index contributed by atoms with van der Waals surface area (Å²) in [5.74, 6) is 1.16. The summed E-state index contributed by atoms with van der Waals surface area (Å²) in [4.78, 5) is 7.23. The van der Waals surface area contributed by atoms with Crippen molar-refractivity contribution in [3.8, 4) is 0 Å². The maximum absolute atomic E-state index is 4.73. The van der Waals surface area contributed by atoms with E-state index < -0.39 is 0 Å². The second-order valence-corrected chi connectivity index (χ2v) is 8.05. The monoisotopic (exact) mass is 353 g/mol. The van der Waals surface area contributed by atoms with Crippen molar-refractivity contribution < 1.29 is 0 Å². The number of aromatic nitrogens is 1. The van der Waals surface area contributed by atoms with E-state index in [-0.39, 0.29) is 5.54 Å². The Bertz CT molecular complexity index is 468. The minimum absolute atomic E-state index is 0.115. The summed E-state index contributed by atoms with van der Waals surface area (Å²) in [6.45, 7) is 10.9. The van der Waals surface area contributed by atoms with Crippen molar-refractivity contribution in [3.05, 3.63) is 22.3 Å². The van der Waals surface area contributed by atoms with Crippen molar-refractivity contribution in [1.82, 2.24) is 10.3 Å². The first-order chi connectivity index (χ1) is 9.87. The maximum Gasteiger partial charge on any atom is 0.133 e. The van der Waals surface area contributed by atoms with Gasteiger partial charge < -0.3 is 10.2 Å². The van der Waals surface area contributed by atoms with Crippen LogP contribution in [0.5, 0.6) is 0 Å². The summed E-state index contributed by atoms with van der Waals surface area (Å²) in [6, 6.07) is 2.79. The molecule has 0 spiro atoms. The van der Waals surface area contributed by atoms with E-state index in [0.717, 1.165) is 23.4 Å². The van der Waals surface area contributed by atoms with Crippen LogP contribution in [-0.2, 0) is 6.54 Å². The molecule has 0 saturated carbocycles. The molecule has 1 atom stereocenters. The lowest BCUT2D eigenvalue weighted by molar-refractivity contribution is 0.423. The second kappa shape index (κ2) is 7.10. The van der Waals surface area contributed by atoms with Crippen LogP contribution < -0.4 is 10.2 Å². The Morgan fingerprint density at radius 3 is 2.81 bits per heavy atom.